The molecule has 5 rings (SSSR count). The first-order chi connectivity index (χ1) is 14.6. The Morgan fingerprint density at radius 1 is 1.00 bits per heavy atom. The fraction of sp³-hybridized carbons (Fsp3) is 0. The Labute approximate surface area is 176 Å². The second-order valence-electron chi connectivity index (χ2n) is 6.77. The number of pyridine rings is 1. The van der Waals surface area contributed by atoms with Crippen molar-refractivity contribution < 1.29 is 9.90 Å². The molecule has 7 heteroatoms. The molecule has 0 unspecified atom stereocenters. The van der Waals surface area contributed by atoms with E-state index in [9.17, 15) is 9.90 Å². The third-order valence-electron chi connectivity index (χ3n) is 4.95. The van der Waals surface area contributed by atoms with E-state index in [-0.39, 0.29) is 5.56 Å². The van der Waals surface area contributed by atoms with E-state index < -0.39 is 5.97 Å². The molecule has 2 aromatic carbocycles. The van der Waals surface area contributed by atoms with Crippen LogP contribution < -0.4 is 0 Å². The molecule has 0 aliphatic heterocycles. The summed E-state index contributed by atoms with van der Waals surface area (Å²) >= 11 is 6.48. The summed E-state index contributed by atoms with van der Waals surface area (Å²) in [5.41, 5.74) is 4.56. The van der Waals surface area contributed by atoms with E-state index in [2.05, 4.69) is 15.0 Å². The molecule has 3 N–H and O–H groups in total. The van der Waals surface area contributed by atoms with E-state index in [1.807, 2.05) is 48.7 Å². The Morgan fingerprint density at radius 3 is 2.63 bits per heavy atom. The van der Waals surface area contributed by atoms with Gasteiger partial charge >= 0.3 is 5.97 Å². The first-order valence-electron chi connectivity index (χ1n) is 9.23. The molecule has 0 saturated heterocycles. The topological polar surface area (TPSA) is 94.7 Å². The highest BCUT2D eigenvalue weighted by Crippen LogP contribution is 2.39. The minimum Gasteiger partial charge on any atom is -0.478 e. The lowest BCUT2D eigenvalue weighted by atomic mass is 10.0. The Kier molecular flexibility index (Phi) is 4.34. The van der Waals surface area contributed by atoms with Crippen LogP contribution in [0.15, 0.2) is 73.1 Å². The Morgan fingerprint density at radius 2 is 1.83 bits per heavy atom. The smallest absolute Gasteiger partial charge is 0.335 e. The number of imidazole rings is 1. The number of nitrogens with zero attached hydrogens (tertiary/aromatic N) is 2. The number of hydrogen-bond donors (Lipinski definition) is 3. The predicted octanol–water partition coefficient (Wildman–Crippen LogP) is 5.64. The van der Waals surface area contributed by atoms with Crippen molar-refractivity contribution in [1.29, 1.82) is 0 Å². The summed E-state index contributed by atoms with van der Waals surface area (Å²) in [4.78, 5) is 27.2. The van der Waals surface area contributed by atoms with Crippen LogP contribution in [0.5, 0.6) is 0 Å². The molecule has 0 atom stereocenters. The zero-order chi connectivity index (χ0) is 20.7. The summed E-state index contributed by atoms with van der Waals surface area (Å²) in [6.07, 6.45) is 3.55. The summed E-state index contributed by atoms with van der Waals surface area (Å²) in [5, 5.41) is 10.8. The van der Waals surface area contributed by atoms with E-state index in [0.29, 0.717) is 22.1 Å². The molecule has 0 amide bonds. The van der Waals surface area contributed by atoms with Crippen molar-refractivity contribution in [2.75, 3.05) is 0 Å². The first kappa shape index (κ1) is 18.1. The molecule has 0 spiro atoms. The van der Waals surface area contributed by atoms with Crippen LogP contribution in [0, 0.1) is 0 Å². The van der Waals surface area contributed by atoms with E-state index in [1.165, 1.54) is 6.07 Å². The fourth-order valence-corrected chi connectivity index (χ4v) is 3.72. The number of carboxylic acid groups (broad SMARTS) is 1. The molecule has 146 valence electrons. The van der Waals surface area contributed by atoms with Gasteiger partial charge in [-0.2, -0.15) is 0 Å². The van der Waals surface area contributed by atoms with Crippen molar-refractivity contribution in [2.24, 2.45) is 0 Å². The second-order valence-corrected chi connectivity index (χ2v) is 7.18. The number of carboxylic acids is 1. The zero-order valence-corrected chi connectivity index (χ0v) is 16.3. The SMILES string of the molecule is O=C(O)c1ccc(Cl)c(-c2nc(-c3ccccc3)[nH]c2-c2ccnc3[nH]ccc23)c1. The number of nitrogens with one attached hydrogen (secondary N) is 2. The number of aromatic amines is 2. The standard InChI is InChI=1S/C23H15ClN4O2/c24-18-7-6-14(23(29)30)12-17(18)20-19(15-8-10-25-22-16(15)9-11-26-22)27-21(28-20)13-4-2-1-3-5-13/h1-12H,(H,25,26)(H,27,28)(H,29,30). The van der Waals surface area contributed by atoms with Crippen LogP contribution in [0.1, 0.15) is 10.4 Å². The third-order valence-corrected chi connectivity index (χ3v) is 5.28. The molecule has 0 aliphatic rings. The first-order valence-corrected chi connectivity index (χ1v) is 9.61. The number of carbonyl (C=O) groups is 1. The van der Waals surface area contributed by atoms with Crippen LogP contribution in [0.2, 0.25) is 5.02 Å². The van der Waals surface area contributed by atoms with Crippen molar-refractivity contribution >= 4 is 28.6 Å². The predicted molar refractivity (Wildman–Crippen MR) is 117 cm³/mol. The average molecular weight is 415 g/mol. The number of aromatic nitrogens is 4. The fourth-order valence-electron chi connectivity index (χ4n) is 3.51. The highest BCUT2D eigenvalue weighted by molar-refractivity contribution is 6.33. The maximum atomic E-state index is 11.5. The molecule has 5 aromatic rings. The van der Waals surface area contributed by atoms with Crippen LogP contribution in [-0.4, -0.2) is 31.0 Å². The van der Waals surface area contributed by atoms with Crippen LogP contribution in [0.25, 0.3) is 44.9 Å². The van der Waals surface area contributed by atoms with Gasteiger partial charge in [-0.1, -0.05) is 41.9 Å². The van der Waals surface area contributed by atoms with Gasteiger partial charge in [0.1, 0.15) is 11.5 Å². The minimum atomic E-state index is -1.02. The number of halogens is 1. The molecule has 3 aromatic heterocycles. The van der Waals surface area contributed by atoms with Crippen LogP contribution in [0.3, 0.4) is 0 Å². The molecular formula is C23H15ClN4O2. The van der Waals surface area contributed by atoms with Crippen LogP contribution in [0.4, 0.5) is 0 Å². The summed E-state index contributed by atoms with van der Waals surface area (Å²) in [6.45, 7) is 0. The molecule has 0 saturated carbocycles. The maximum absolute atomic E-state index is 11.5. The molecular weight excluding hydrogens is 400 g/mol. The number of benzene rings is 2. The largest absolute Gasteiger partial charge is 0.478 e. The normalized spacial score (nSPS) is 11.1. The van der Waals surface area contributed by atoms with E-state index >= 15 is 0 Å². The van der Waals surface area contributed by atoms with Gasteiger partial charge in [0.15, 0.2) is 0 Å². The van der Waals surface area contributed by atoms with Gasteiger partial charge in [-0.3, -0.25) is 0 Å². The monoisotopic (exact) mass is 414 g/mol. The number of fused-ring (bicyclic) bond motifs is 1. The van der Waals surface area contributed by atoms with Crippen molar-refractivity contribution in [1.82, 2.24) is 19.9 Å². The molecule has 3 heterocycles. The molecule has 0 aliphatic carbocycles. The summed E-state index contributed by atoms with van der Waals surface area (Å²) in [7, 11) is 0. The van der Waals surface area contributed by atoms with Gasteiger partial charge in [0, 0.05) is 34.5 Å². The Balaban J connectivity index is 1.80. The molecule has 0 fully saturated rings. The van der Waals surface area contributed by atoms with Crippen LogP contribution in [-0.2, 0) is 0 Å². The van der Waals surface area contributed by atoms with E-state index in [0.717, 1.165) is 27.9 Å². The lowest BCUT2D eigenvalue weighted by molar-refractivity contribution is 0.0697. The minimum absolute atomic E-state index is 0.145. The van der Waals surface area contributed by atoms with E-state index in [1.54, 1.807) is 18.3 Å². The van der Waals surface area contributed by atoms with Crippen molar-refractivity contribution in [2.45, 2.75) is 0 Å². The van der Waals surface area contributed by atoms with Gasteiger partial charge in [-0.15, -0.1) is 0 Å². The number of hydrogen-bond acceptors (Lipinski definition) is 3. The van der Waals surface area contributed by atoms with Gasteiger partial charge in [0.05, 0.1) is 22.0 Å². The average Bonchev–Trinajstić information content (AvgIpc) is 3.42. The molecule has 30 heavy (non-hydrogen) atoms. The Hall–Kier alpha value is -3.90. The number of rotatable bonds is 4. The number of aromatic carboxylic acids is 1. The number of H-pyrrole nitrogens is 2. The second kappa shape index (κ2) is 7.17. The van der Waals surface area contributed by atoms with Gasteiger partial charge in [0.2, 0.25) is 0 Å². The quantitative estimate of drug-likeness (QED) is 0.354. The molecule has 0 radical (unpaired) electrons. The van der Waals surface area contributed by atoms with Crippen molar-refractivity contribution in [3.05, 3.63) is 83.6 Å². The van der Waals surface area contributed by atoms with Gasteiger partial charge in [0.25, 0.3) is 0 Å². The molecule has 6 nitrogen and oxygen atoms in total. The summed E-state index contributed by atoms with van der Waals surface area (Å²) in [5.74, 6) is -0.358. The summed E-state index contributed by atoms with van der Waals surface area (Å²) in [6, 6.07) is 18.2. The lowest BCUT2D eigenvalue weighted by Gasteiger charge is -2.07. The lowest BCUT2D eigenvalue weighted by Crippen LogP contribution is -1.97. The van der Waals surface area contributed by atoms with Gasteiger partial charge < -0.3 is 15.1 Å². The highest BCUT2D eigenvalue weighted by atomic mass is 35.5. The third kappa shape index (κ3) is 3.03. The van der Waals surface area contributed by atoms with Gasteiger partial charge in [-0.05, 0) is 30.3 Å². The van der Waals surface area contributed by atoms with Crippen molar-refractivity contribution in [3.8, 4) is 33.9 Å². The Bertz CT molecular complexity index is 1390. The zero-order valence-electron chi connectivity index (χ0n) is 15.6. The summed E-state index contributed by atoms with van der Waals surface area (Å²) < 4.78 is 0. The van der Waals surface area contributed by atoms with Crippen molar-refractivity contribution in [3.63, 3.8) is 0 Å². The van der Waals surface area contributed by atoms with E-state index in [4.69, 9.17) is 16.6 Å². The van der Waals surface area contributed by atoms with Crippen LogP contribution >= 0.6 is 11.6 Å². The molecule has 0 bridgehead atoms. The van der Waals surface area contributed by atoms with Gasteiger partial charge in [-0.25, -0.2) is 14.8 Å². The maximum Gasteiger partial charge on any atom is 0.335 e. The highest BCUT2D eigenvalue weighted by Gasteiger charge is 2.20.